The van der Waals surface area contributed by atoms with E-state index in [9.17, 15) is 9.90 Å². The molecule has 0 fully saturated rings. The lowest BCUT2D eigenvalue weighted by atomic mass is 9.98. The number of carbonyl (C=O) groups is 1. The first kappa shape index (κ1) is 20.0. The molecule has 3 aromatic carbocycles. The van der Waals surface area contributed by atoms with E-state index in [1.807, 2.05) is 54.6 Å². The van der Waals surface area contributed by atoms with Crippen molar-refractivity contribution in [1.82, 2.24) is 5.01 Å². The van der Waals surface area contributed by atoms with Crippen LogP contribution in [0.1, 0.15) is 23.6 Å². The summed E-state index contributed by atoms with van der Waals surface area (Å²) in [7, 11) is 1.64. The zero-order chi connectivity index (χ0) is 20.9. The molecular weight excluding hydrogens is 396 g/mol. The quantitative estimate of drug-likeness (QED) is 0.580. The summed E-state index contributed by atoms with van der Waals surface area (Å²) in [5.41, 5.74) is 2.95. The van der Waals surface area contributed by atoms with Crippen molar-refractivity contribution in [3.05, 3.63) is 90.0 Å². The van der Waals surface area contributed by atoms with Crippen molar-refractivity contribution >= 4 is 23.4 Å². The van der Waals surface area contributed by atoms with Gasteiger partial charge in [0.1, 0.15) is 11.5 Å². The van der Waals surface area contributed by atoms with E-state index in [4.69, 9.17) is 9.84 Å². The van der Waals surface area contributed by atoms with Crippen LogP contribution in [0.25, 0.3) is 0 Å². The van der Waals surface area contributed by atoms with Crippen LogP contribution in [0.4, 0.5) is 0 Å². The number of hydrogen-bond acceptors (Lipinski definition) is 5. The van der Waals surface area contributed by atoms with Crippen LogP contribution in [0.3, 0.4) is 0 Å². The Bertz CT molecular complexity index is 1030. The van der Waals surface area contributed by atoms with Gasteiger partial charge in [0.2, 0.25) is 0 Å². The Labute approximate surface area is 180 Å². The number of amides is 1. The number of thioether (sulfide) groups is 1. The number of carbonyl (C=O) groups excluding carboxylic acids is 1. The lowest BCUT2D eigenvalue weighted by molar-refractivity contribution is -0.130. The molecule has 1 heterocycles. The summed E-state index contributed by atoms with van der Waals surface area (Å²) in [6, 6.07) is 24.4. The fourth-order valence-corrected chi connectivity index (χ4v) is 4.14. The maximum atomic E-state index is 13.1. The number of phenolic OH excluding ortho intramolecular Hbond substituents is 1. The lowest BCUT2D eigenvalue weighted by Crippen LogP contribution is -2.28. The highest BCUT2D eigenvalue weighted by atomic mass is 32.2. The molecule has 3 aromatic rings. The molecule has 1 unspecified atom stereocenters. The Morgan fingerprint density at radius 2 is 1.77 bits per heavy atom. The lowest BCUT2D eigenvalue weighted by Gasteiger charge is -2.22. The molecule has 0 saturated carbocycles. The SMILES string of the molecule is COc1ccc(C2CC(c3ccccc3)=NN2C(=O)CSc2ccc(O)cc2)cc1. The molecule has 1 amide bonds. The number of methoxy groups -OCH3 is 1. The first-order valence-corrected chi connectivity index (χ1v) is 10.6. The molecule has 6 heteroatoms. The van der Waals surface area contributed by atoms with E-state index in [-0.39, 0.29) is 23.5 Å². The zero-order valence-corrected chi connectivity index (χ0v) is 17.4. The number of benzene rings is 3. The second-order valence-electron chi connectivity index (χ2n) is 6.93. The third-order valence-corrected chi connectivity index (χ3v) is 5.97. The van der Waals surface area contributed by atoms with Gasteiger partial charge in [0.15, 0.2) is 0 Å². The summed E-state index contributed by atoms with van der Waals surface area (Å²) in [6.07, 6.45) is 0.659. The summed E-state index contributed by atoms with van der Waals surface area (Å²) in [5.74, 6) is 1.20. The topological polar surface area (TPSA) is 62.1 Å². The molecule has 5 nitrogen and oxygen atoms in total. The summed E-state index contributed by atoms with van der Waals surface area (Å²) in [5, 5.41) is 15.7. The number of rotatable bonds is 6. The largest absolute Gasteiger partial charge is 0.508 e. The molecule has 0 saturated heterocycles. The molecule has 1 N–H and O–H groups in total. The van der Waals surface area contributed by atoms with E-state index >= 15 is 0 Å². The Balaban J connectivity index is 1.56. The smallest absolute Gasteiger partial charge is 0.253 e. The highest BCUT2D eigenvalue weighted by molar-refractivity contribution is 8.00. The van der Waals surface area contributed by atoms with Crippen LogP contribution < -0.4 is 4.74 Å². The third kappa shape index (κ3) is 4.49. The first-order valence-electron chi connectivity index (χ1n) is 9.65. The number of hydrazone groups is 1. The van der Waals surface area contributed by atoms with Gasteiger partial charge in [-0.05, 0) is 47.5 Å². The molecule has 152 valence electrons. The van der Waals surface area contributed by atoms with Gasteiger partial charge in [-0.1, -0.05) is 42.5 Å². The maximum absolute atomic E-state index is 13.1. The minimum Gasteiger partial charge on any atom is -0.508 e. The Morgan fingerprint density at radius 1 is 1.07 bits per heavy atom. The Kier molecular flexibility index (Phi) is 6.05. The van der Waals surface area contributed by atoms with Crippen LogP contribution >= 0.6 is 11.8 Å². The van der Waals surface area contributed by atoms with Gasteiger partial charge >= 0.3 is 0 Å². The van der Waals surface area contributed by atoms with E-state index in [0.717, 1.165) is 27.5 Å². The van der Waals surface area contributed by atoms with E-state index < -0.39 is 0 Å². The van der Waals surface area contributed by atoms with E-state index in [0.29, 0.717) is 6.42 Å². The second kappa shape index (κ2) is 9.05. The average molecular weight is 419 g/mol. The molecule has 1 aliphatic rings. The standard InChI is InChI=1S/C24H22N2O3S/c1-29-20-11-7-18(8-12-20)23-15-22(17-5-3-2-4-6-17)25-26(23)24(28)16-30-21-13-9-19(27)10-14-21/h2-14,23,27H,15-16H2,1H3. The molecule has 0 aromatic heterocycles. The first-order chi connectivity index (χ1) is 14.6. The van der Waals surface area contributed by atoms with Crippen molar-refractivity contribution in [2.24, 2.45) is 5.10 Å². The van der Waals surface area contributed by atoms with Gasteiger partial charge in [0.05, 0.1) is 24.6 Å². The van der Waals surface area contributed by atoms with Gasteiger partial charge in [-0.15, -0.1) is 11.8 Å². The van der Waals surface area contributed by atoms with Crippen molar-refractivity contribution in [1.29, 1.82) is 0 Å². The Hall–Kier alpha value is -3.25. The molecule has 4 rings (SSSR count). The van der Waals surface area contributed by atoms with Crippen LogP contribution in [0.15, 0.2) is 88.9 Å². The molecular formula is C24H22N2O3S. The third-order valence-electron chi connectivity index (χ3n) is 4.97. The minimum absolute atomic E-state index is 0.0557. The molecule has 0 aliphatic carbocycles. The highest BCUT2D eigenvalue weighted by Gasteiger charge is 2.33. The van der Waals surface area contributed by atoms with Crippen molar-refractivity contribution in [2.45, 2.75) is 17.4 Å². The molecule has 0 radical (unpaired) electrons. The summed E-state index contributed by atoms with van der Waals surface area (Å²) < 4.78 is 5.26. The van der Waals surface area contributed by atoms with Gasteiger partial charge in [-0.25, -0.2) is 5.01 Å². The number of ether oxygens (including phenoxy) is 1. The van der Waals surface area contributed by atoms with E-state index in [1.165, 1.54) is 11.8 Å². The maximum Gasteiger partial charge on any atom is 0.253 e. The van der Waals surface area contributed by atoms with Crippen LogP contribution in [0, 0.1) is 0 Å². The van der Waals surface area contributed by atoms with E-state index in [2.05, 4.69) is 0 Å². The van der Waals surface area contributed by atoms with Crippen LogP contribution in [-0.4, -0.2) is 34.6 Å². The number of aromatic hydroxyl groups is 1. The summed E-state index contributed by atoms with van der Waals surface area (Å²) in [4.78, 5) is 14.0. The molecule has 30 heavy (non-hydrogen) atoms. The number of phenols is 1. The summed E-state index contributed by atoms with van der Waals surface area (Å²) >= 11 is 1.43. The normalized spacial score (nSPS) is 15.7. The average Bonchev–Trinajstić information content (AvgIpc) is 3.25. The predicted octanol–water partition coefficient (Wildman–Crippen LogP) is 4.87. The van der Waals surface area contributed by atoms with Crippen LogP contribution in [0.5, 0.6) is 11.5 Å². The molecule has 1 atom stereocenters. The van der Waals surface area contributed by atoms with E-state index in [1.54, 1.807) is 36.4 Å². The van der Waals surface area contributed by atoms with Gasteiger partial charge in [-0.2, -0.15) is 5.10 Å². The highest BCUT2D eigenvalue weighted by Crippen LogP contribution is 2.34. The van der Waals surface area contributed by atoms with Gasteiger partial charge < -0.3 is 9.84 Å². The van der Waals surface area contributed by atoms with Crippen LogP contribution in [0.2, 0.25) is 0 Å². The second-order valence-corrected chi connectivity index (χ2v) is 7.98. The number of nitrogens with zero attached hydrogens (tertiary/aromatic N) is 2. The number of hydrogen-bond donors (Lipinski definition) is 1. The van der Waals surface area contributed by atoms with Gasteiger partial charge in [-0.3, -0.25) is 4.79 Å². The zero-order valence-electron chi connectivity index (χ0n) is 16.6. The van der Waals surface area contributed by atoms with Crippen LogP contribution in [-0.2, 0) is 4.79 Å². The minimum atomic E-state index is -0.154. The van der Waals surface area contributed by atoms with Crippen molar-refractivity contribution in [3.63, 3.8) is 0 Å². The van der Waals surface area contributed by atoms with Crippen molar-refractivity contribution in [3.8, 4) is 11.5 Å². The van der Waals surface area contributed by atoms with Gasteiger partial charge in [0.25, 0.3) is 5.91 Å². The fourth-order valence-electron chi connectivity index (χ4n) is 3.38. The molecule has 0 bridgehead atoms. The van der Waals surface area contributed by atoms with Crippen molar-refractivity contribution < 1.29 is 14.6 Å². The molecule has 1 aliphatic heterocycles. The fraction of sp³-hybridized carbons (Fsp3) is 0.167. The molecule has 0 spiro atoms. The van der Waals surface area contributed by atoms with Crippen molar-refractivity contribution in [2.75, 3.05) is 12.9 Å². The van der Waals surface area contributed by atoms with Gasteiger partial charge in [0, 0.05) is 11.3 Å². The monoisotopic (exact) mass is 418 g/mol. The predicted molar refractivity (Wildman–Crippen MR) is 119 cm³/mol. The Morgan fingerprint density at radius 3 is 2.43 bits per heavy atom. The summed E-state index contributed by atoms with van der Waals surface area (Å²) in [6.45, 7) is 0.